The first-order valence-electron chi connectivity index (χ1n) is 5.80. The molecule has 0 aliphatic carbocycles. The van der Waals surface area contributed by atoms with E-state index >= 15 is 0 Å². The third kappa shape index (κ3) is 3.72. The largest absolute Gasteiger partial charge is 0.453 e. The number of hydrogen-bond acceptors (Lipinski definition) is 2. The summed E-state index contributed by atoms with van der Waals surface area (Å²) >= 11 is 3.28. The van der Waals surface area contributed by atoms with E-state index in [1.54, 1.807) is 0 Å². The number of halogens is 1. The van der Waals surface area contributed by atoms with Gasteiger partial charge in [-0.2, -0.15) is 0 Å². The third-order valence-electron chi connectivity index (χ3n) is 2.78. The summed E-state index contributed by atoms with van der Waals surface area (Å²) in [7, 11) is 0. The molecule has 0 fully saturated rings. The summed E-state index contributed by atoms with van der Waals surface area (Å²) < 4.78 is 6.18. The van der Waals surface area contributed by atoms with Crippen LogP contribution >= 0.6 is 15.9 Å². The molecule has 0 aliphatic heterocycles. The fourth-order valence-corrected chi connectivity index (χ4v) is 2.16. The molecule has 1 unspecified atom stereocenters. The van der Waals surface area contributed by atoms with E-state index in [2.05, 4.69) is 40.2 Å². The number of furan rings is 1. The van der Waals surface area contributed by atoms with Crippen molar-refractivity contribution in [2.45, 2.75) is 25.3 Å². The van der Waals surface area contributed by atoms with Crippen LogP contribution in [0.4, 0.5) is 0 Å². The molecule has 0 aliphatic rings. The first-order valence-corrected chi connectivity index (χ1v) is 6.60. The molecule has 0 bridgehead atoms. The van der Waals surface area contributed by atoms with Crippen molar-refractivity contribution < 1.29 is 4.42 Å². The monoisotopic (exact) mass is 293 g/mol. The number of hydrogen-bond donors (Lipinski definition) is 1. The van der Waals surface area contributed by atoms with Crippen LogP contribution in [0.1, 0.15) is 30.2 Å². The standard InChI is InChI=1S/C14H16BrNO/c15-14-10-9-13(17-14)12(16)8-4-7-11-5-2-1-3-6-11/h1-3,5-6,9-10,12H,4,7-8,16H2. The van der Waals surface area contributed by atoms with E-state index in [-0.39, 0.29) is 6.04 Å². The lowest BCUT2D eigenvalue weighted by molar-refractivity contribution is 0.432. The van der Waals surface area contributed by atoms with E-state index < -0.39 is 0 Å². The molecule has 1 heterocycles. The molecule has 0 saturated carbocycles. The van der Waals surface area contributed by atoms with Crippen LogP contribution in [-0.4, -0.2) is 0 Å². The lowest BCUT2D eigenvalue weighted by Crippen LogP contribution is -2.09. The molecule has 90 valence electrons. The lowest BCUT2D eigenvalue weighted by Gasteiger charge is -2.08. The molecule has 2 rings (SSSR count). The van der Waals surface area contributed by atoms with Crippen LogP contribution in [0.3, 0.4) is 0 Å². The quantitative estimate of drug-likeness (QED) is 0.903. The Morgan fingerprint density at radius 3 is 2.53 bits per heavy atom. The zero-order valence-electron chi connectivity index (χ0n) is 9.60. The summed E-state index contributed by atoms with van der Waals surface area (Å²) in [5, 5.41) is 0. The van der Waals surface area contributed by atoms with Crippen LogP contribution in [0.25, 0.3) is 0 Å². The maximum atomic E-state index is 6.06. The second-order valence-electron chi connectivity index (χ2n) is 4.13. The van der Waals surface area contributed by atoms with Crippen LogP contribution in [-0.2, 0) is 6.42 Å². The molecule has 0 amide bonds. The highest BCUT2D eigenvalue weighted by Crippen LogP contribution is 2.22. The topological polar surface area (TPSA) is 39.2 Å². The smallest absolute Gasteiger partial charge is 0.169 e. The Labute approximate surface area is 110 Å². The Bertz CT molecular complexity index is 452. The molecular formula is C14H16BrNO. The van der Waals surface area contributed by atoms with Gasteiger partial charge in [0.1, 0.15) is 5.76 Å². The number of nitrogens with two attached hydrogens (primary N) is 1. The molecule has 2 aromatic rings. The predicted molar refractivity (Wildman–Crippen MR) is 72.7 cm³/mol. The summed E-state index contributed by atoms with van der Waals surface area (Å²) in [5.74, 6) is 0.852. The normalized spacial score (nSPS) is 12.6. The second-order valence-corrected chi connectivity index (χ2v) is 4.91. The van der Waals surface area contributed by atoms with Crippen LogP contribution in [0.5, 0.6) is 0 Å². The zero-order chi connectivity index (χ0) is 12.1. The molecule has 1 atom stereocenters. The molecular weight excluding hydrogens is 278 g/mol. The van der Waals surface area contributed by atoms with Gasteiger partial charge < -0.3 is 10.2 Å². The first kappa shape index (κ1) is 12.4. The highest BCUT2D eigenvalue weighted by Gasteiger charge is 2.09. The van der Waals surface area contributed by atoms with Gasteiger partial charge >= 0.3 is 0 Å². The van der Waals surface area contributed by atoms with Crippen LogP contribution in [0, 0.1) is 0 Å². The fraction of sp³-hybridized carbons (Fsp3) is 0.286. The van der Waals surface area contributed by atoms with Gasteiger partial charge in [-0.15, -0.1) is 0 Å². The zero-order valence-corrected chi connectivity index (χ0v) is 11.2. The minimum atomic E-state index is -0.00925. The molecule has 0 radical (unpaired) electrons. The first-order chi connectivity index (χ1) is 8.25. The van der Waals surface area contributed by atoms with E-state index in [4.69, 9.17) is 10.2 Å². The van der Waals surface area contributed by atoms with Gasteiger partial charge in [-0.05, 0) is 52.9 Å². The van der Waals surface area contributed by atoms with E-state index in [1.807, 2.05) is 18.2 Å². The second kappa shape index (κ2) is 6.03. The maximum absolute atomic E-state index is 6.06. The Balaban J connectivity index is 1.79. The Morgan fingerprint density at radius 2 is 1.88 bits per heavy atom. The average Bonchev–Trinajstić information content (AvgIpc) is 2.77. The fourth-order valence-electron chi connectivity index (χ4n) is 1.84. The number of aryl methyl sites for hydroxylation is 1. The van der Waals surface area contributed by atoms with Crippen molar-refractivity contribution in [3.8, 4) is 0 Å². The maximum Gasteiger partial charge on any atom is 0.169 e. The highest BCUT2D eigenvalue weighted by molar-refractivity contribution is 9.10. The van der Waals surface area contributed by atoms with E-state index in [1.165, 1.54) is 5.56 Å². The SMILES string of the molecule is NC(CCCc1ccccc1)c1ccc(Br)o1. The van der Waals surface area contributed by atoms with E-state index in [0.717, 1.165) is 29.7 Å². The summed E-state index contributed by atoms with van der Waals surface area (Å²) in [6.45, 7) is 0. The van der Waals surface area contributed by atoms with Crippen molar-refractivity contribution in [3.05, 3.63) is 58.5 Å². The Morgan fingerprint density at radius 1 is 1.12 bits per heavy atom. The van der Waals surface area contributed by atoms with Crippen molar-refractivity contribution in [2.24, 2.45) is 5.73 Å². The molecule has 2 N–H and O–H groups in total. The van der Waals surface area contributed by atoms with Gasteiger partial charge in [0.05, 0.1) is 6.04 Å². The Kier molecular flexibility index (Phi) is 4.40. The van der Waals surface area contributed by atoms with Crippen LogP contribution < -0.4 is 5.73 Å². The van der Waals surface area contributed by atoms with Gasteiger partial charge in [-0.3, -0.25) is 0 Å². The minimum Gasteiger partial charge on any atom is -0.453 e. The summed E-state index contributed by atoms with van der Waals surface area (Å²) in [5.41, 5.74) is 7.42. The molecule has 17 heavy (non-hydrogen) atoms. The summed E-state index contributed by atoms with van der Waals surface area (Å²) in [4.78, 5) is 0. The summed E-state index contributed by atoms with van der Waals surface area (Å²) in [6, 6.07) is 14.3. The third-order valence-corrected chi connectivity index (χ3v) is 3.21. The highest BCUT2D eigenvalue weighted by atomic mass is 79.9. The molecule has 0 saturated heterocycles. The van der Waals surface area contributed by atoms with Gasteiger partial charge in [-0.25, -0.2) is 0 Å². The molecule has 0 spiro atoms. The van der Waals surface area contributed by atoms with Gasteiger partial charge in [0.15, 0.2) is 4.67 Å². The lowest BCUT2D eigenvalue weighted by atomic mass is 10.0. The van der Waals surface area contributed by atoms with Crippen LogP contribution in [0.2, 0.25) is 0 Å². The molecule has 1 aromatic carbocycles. The summed E-state index contributed by atoms with van der Waals surface area (Å²) in [6.07, 6.45) is 3.08. The van der Waals surface area contributed by atoms with Gasteiger partial charge in [0, 0.05) is 0 Å². The number of rotatable bonds is 5. The van der Waals surface area contributed by atoms with Crippen LogP contribution in [0.15, 0.2) is 51.6 Å². The van der Waals surface area contributed by atoms with E-state index in [9.17, 15) is 0 Å². The predicted octanol–water partition coefficient (Wildman–Crippen LogP) is 4.06. The van der Waals surface area contributed by atoms with Crippen molar-refractivity contribution >= 4 is 15.9 Å². The van der Waals surface area contributed by atoms with Crippen molar-refractivity contribution in [3.63, 3.8) is 0 Å². The van der Waals surface area contributed by atoms with E-state index in [0.29, 0.717) is 0 Å². The Hall–Kier alpha value is -1.06. The van der Waals surface area contributed by atoms with Crippen molar-refractivity contribution in [1.82, 2.24) is 0 Å². The molecule has 2 nitrogen and oxygen atoms in total. The van der Waals surface area contributed by atoms with Gasteiger partial charge in [-0.1, -0.05) is 30.3 Å². The van der Waals surface area contributed by atoms with Crippen molar-refractivity contribution in [1.29, 1.82) is 0 Å². The van der Waals surface area contributed by atoms with Gasteiger partial charge in [0.2, 0.25) is 0 Å². The number of benzene rings is 1. The van der Waals surface area contributed by atoms with Crippen molar-refractivity contribution in [2.75, 3.05) is 0 Å². The van der Waals surface area contributed by atoms with Gasteiger partial charge in [0.25, 0.3) is 0 Å². The minimum absolute atomic E-state index is 0.00925. The molecule has 1 aromatic heterocycles. The average molecular weight is 294 g/mol. The molecule has 3 heteroatoms.